The van der Waals surface area contributed by atoms with Crippen LogP contribution in [0.3, 0.4) is 0 Å². The van der Waals surface area contributed by atoms with Gasteiger partial charge in [-0.2, -0.15) is 0 Å². The highest BCUT2D eigenvalue weighted by molar-refractivity contribution is 6.31. The molecule has 0 bridgehead atoms. The van der Waals surface area contributed by atoms with Crippen LogP contribution in [0.25, 0.3) is 0 Å². The molecule has 7 heteroatoms. The number of nitrogens with zero attached hydrogens (tertiary/aromatic N) is 2. The number of hydrogen-bond donors (Lipinski definition) is 0. The zero-order chi connectivity index (χ0) is 18.1. The van der Waals surface area contributed by atoms with E-state index in [-0.39, 0.29) is 16.8 Å². The molecule has 0 N–H and O–H groups in total. The van der Waals surface area contributed by atoms with Crippen LogP contribution in [0.5, 0.6) is 0 Å². The van der Waals surface area contributed by atoms with Crippen molar-refractivity contribution in [2.75, 3.05) is 18.0 Å². The molecule has 1 saturated heterocycles. The first-order valence-electron chi connectivity index (χ1n) is 7.71. The van der Waals surface area contributed by atoms with Crippen molar-refractivity contribution in [2.24, 2.45) is 0 Å². The van der Waals surface area contributed by atoms with Crippen molar-refractivity contribution in [2.45, 2.75) is 13.0 Å². The third-order valence-corrected chi connectivity index (χ3v) is 4.73. The second-order valence-corrected chi connectivity index (χ2v) is 6.62. The van der Waals surface area contributed by atoms with Crippen molar-refractivity contribution < 1.29 is 14.0 Å². The summed E-state index contributed by atoms with van der Waals surface area (Å²) >= 11 is 11.7. The predicted molar refractivity (Wildman–Crippen MR) is 95.7 cm³/mol. The van der Waals surface area contributed by atoms with Gasteiger partial charge in [-0.25, -0.2) is 4.39 Å². The molecule has 3 rings (SSSR count). The highest BCUT2D eigenvalue weighted by Crippen LogP contribution is 2.26. The third kappa shape index (κ3) is 3.48. The lowest BCUT2D eigenvalue weighted by Gasteiger charge is -2.39. The number of halogens is 3. The van der Waals surface area contributed by atoms with Crippen molar-refractivity contribution in [3.8, 4) is 0 Å². The van der Waals surface area contributed by atoms with Gasteiger partial charge in [-0.05, 0) is 43.3 Å². The van der Waals surface area contributed by atoms with E-state index in [9.17, 15) is 14.0 Å². The van der Waals surface area contributed by atoms with E-state index in [1.165, 1.54) is 28.0 Å². The fraction of sp³-hybridized carbons (Fsp3) is 0.222. The van der Waals surface area contributed by atoms with Gasteiger partial charge in [0.25, 0.3) is 5.91 Å². The highest BCUT2D eigenvalue weighted by Gasteiger charge is 2.35. The molecule has 25 heavy (non-hydrogen) atoms. The summed E-state index contributed by atoms with van der Waals surface area (Å²) < 4.78 is 13.3. The Labute approximate surface area is 154 Å². The van der Waals surface area contributed by atoms with Crippen LogP contribution < -0.4 is 4.90 Å². The summed E-state index contributed by atoms with van der Waals surface area (Å²) in [6, 6.07) is 10.1. The van der Waals surface area contributed by atoms with Crippen LogP contribution in [-0.4, -0.2) is 35.8 Å². The Bertz CT molecular complexity index is 844. The van der Waals surface area contributed by atoms with Gasteiger partial charge in [0.2, 0.25) is 5.91 Å². The van der Waals surface area contributed by atoms with Crippen LogP contribution in [0.4, 0.5) is 10.1 Å². The Kier molecular flexibility index (Phi) is 4.97. The Hall–Kier alpha value is -2.11. The van der Waals surface area contributed by atoms with E-state index in [0.29, 0.717) is 29.4 Å². The topological polar surface area (TPSA) is 40.6 Å². The first-order valence-corrected chi connectivity index (χ1v) is 8.47. The van der Waals surface area contributed by atoms with Crippen LogP contribution in [0.1, 0.15) is 17.3 Å². The van der Waals surface area contributed by atoms with Crippen LogP contribution in [-0.2, 0) is 4.79 Å². The smallest absolute Gasteiger partial charge is 0.254 e. The average molecular weight is 381 g/mol. The summed E-state index contributed by atoms with van der Waals surface area (Å²) in [5, 5.41) is 0.416. The summed E-state index contributed by atoms with van der Waals surface area (Å²) in [6.07, 6.45) is 0. The normalized spacial score (nSPS) is 17.8. The molecule has 1 heterocycles. The third-order valence-electron chi connectivity index (χ3n) is 4.20. The summed E-state index contributed by atoms with van der Waals surface area (Å²) in [5.74, 6) is -1.04. The minimum absolute atomic E-state index is 0.0459. The molecule has 2 aromatic carbocycles. The molecule has 0 aliphatic carbocycles. The average Bonchev–Trinajstić information content (AvgIpc) is 2.59. The fourth-order valence-corrected chi connectivity index (χ4v) is 3.21. The van der Waals surface area contributed by atoms with E-state index in [4.69, 9.17) is 23.2 Å². The van der Waals surface area contributed by atoms with Gasteiger partial charge in [-0.3, -0.25) is 9.59 Å². The summed E-state index contributed by atoms with van der Waals surface area (Å²) in [6.45, 7) is 2.33. The maximum Gasteiger partial charge on any atom is 0.254 e. The number of rotatable bonds is 2. The Morgan fingerprint density at radius 1 is 1.16 bits per heavy atom. The van der Waals surface area contributed by atoms with Gasteiger partial charge in [0.1, 0.15) is 11.9 Å². The van der Waals surface area contributed by atoms with Crippen LogP contribution >= 0.6 is 23.2 Å². The van der Waals surface area contributed by atoms with Crippen molar-refractivity contribution >= 4 is 40.7 Å². The van der Waals surface area contributed by atoms with Crippen molar-refractivity contribution in [3.05, 3.63) is 63.9 Å². The lowest BCUT2D eigenvalue weighted by Crippen LogP contribution is -2.57. The van der Waals surface area contributed by atoms with Gasteiger partial charge < -0.3 is 9.80 Å². The maximum atomic E-state index is 13.3. The second-order valence-electron chi connectivity index (χ2n) is 5.77. The second kappa shape index (κ2) is 7.02. The monoisotopic (exact) mass is 380 g/mol. The van der Waals surface area contributed by atoms with Crippen LogP contribution in [0, 0.1) is 5.82 Å². The number of carbonyl (C=O) groups excluding carboxylic acids is 2. The molecular formula is C18H15Cl2FN2O2. The van der Waals surface area contributed by atoms with E-state index in [2.05, 4.69) is 0 Å². The first kappa shape index (κ1) is 17.7. The maximum absolute atomic E-state index is 13.3. The number of hydrogen-bond acceptors (Lipinski definition) is 2. The van der Waals surface area contributed by atoms with Crippen LogP contribution in [0.15, 0.2) is 42.5 Å². The molecule has 0 saturated carbocycles. The number of carbonyl (C=O) groups is 2. The molecule has 1 fully saturated rings. The molecule has 2 amide bonds. The standard InChI is InChI=1S/C18H15Cl2FN2O2/c1-11-17(24)23(14-5-6-16(21)15(20)10-14)8-7-22(11)18(25)12-3-2-4-13(19)9-12/h2-6,9-11H,7-8H2,1H3. The molecule has 130 valence electrons. The fourth-order valence-electron chi connectivity index (χ4n) is 2.84. The van der Waals surface area contributed by atoms with E-state index in [0.717, 1.165) is 0 Å². The highest BCUT2D eigenvalue weighted by atomic mass is 35.5. The summed E-state index contributed by atoms with van der Waals surface area (Å²) in [5.41, 5.74) is 0.948. The van der Waals surface area contributed by atoms with Gasteiger partial charge in [0, 0.05) is 29.4 Å². The lowest BCUT2D eigenvalue weighted by atomic mass is 10.1. The van der Waals surface area contributed by atoms with Crippen molar-refractivity contribution in [1.82, 2.24) is 4.90 Å². The zero-order valence-corrected chi connectivity index (χ0v) is 14.9. The van der Waals surface area contributed by atoms with Crippen LogP contribution in [0.2, 0.25) is 10.0 Å². The predicted octanol–water partition coefficient (Wildman–Crippen LogP) is 4.01. The first-order chi connectivity index (χ1) is 11.9. The molecule has 2 aromatic rings. The van der Waals surface area contributed by atoms with Crippen molar-refractivity contribution in [1.29, 1.82) is 0 Å². The van der Waals surface area contributed by atoms with Gasteiger partial charge in [0.05, 0.1) is 5.02 Å². The summed E-state index contributed by atoms with van der Waals surface area (Å²) in [4.78, 5) is 28.4. The Morgan fingerprint density at radius 2 is 1.92 bits per heavy atom. The SMILES string of the molecule is CC1C(=O)N(c2ccc(F)c(Cl)c2)CCN1C(=O)c1cccc(Cl)c1. The van der Waals surface area contributed by atoms with Gasteiger partial charge in [0.15, 0.2) is 0 Å². The number of amides is 2. The van der Waals surface area contributed by atoms with Gasteiger partial charge in [-0.15, -0.1) is 0 Å². The molecule has 4 nitrogen and oxygen atoms in total. The zero-order valence-electron chi connectivity index (χ0n) is 13.4. The number of anilines is 1. The summed E-state index contributed by atoms with van der Waals surface area (Å²) in [7, 11) is 0. The van der Waals surface area contributed by atoms with E-state index in [1.54, 1.807) is 31.2 Å². The molecule has 1 aliphatic heterocycles. The number of benzene rings is 2. The largest absolute Gasteiger partial charge is 0.325 e. The van der Waals surface area contributed by atoms with Crippen molar-refractivity contribution in [3.63, 3.8) is 0 Å². The van der Waals surface area contributed by atoms with E-state index in [1.807, 2.05) is 0 Å². The minimum atomic E-state index is -0.649. The molecule has 1 atom stereocenters. The Balaban J connectivity index is 1.81. The van der Waals surface area contributed by atoms with Gasteiger partial charge in [-0.1, -0.05) is 29.3 Å². The molecule has 0 aromatic heterocycles. The quantitative estimate of drug-likeness (QED) is 0.789. The molecule has 0 radical (unpaired) electrons. The minimum Gasteiger partial charge on any atom is -0.325 e. The molecular weight excluding hydrogens is 366 g/mol. The van der Waals surface area contributed by atoms with Gasteiger partial charge >= 0.3 is 0 Å². The Morgan fingerprint density at radius 3 is 2.60 bits per heavy atom. The molecule has 1 unspecified atom stereocenters. The molecule has 0 spiro atoms. The molecule has 1 aliphatic rings. The lowest BCUT2D eigenvalue weighted by molar-refractivity contribution is -0.124. The van der Waals surface area contributed by atoms with E-state index >= 15 is 0 Å². The number of piperazine rings is 1. The van der Waals surface area contributed by atoms with E-state index < -0.39 is 11.9 Å².